The van der Waals surface area contributed by atoms with Crippen LogP contribution in [0.3, 0.4) is 0 Å². The van der Waals surface area contributed by atoms with Gasteiger partial charge in [0, 0.05) is 36.0 Å². The van der Waals surface area contributed by atoms with Gasteiger partial charge in [0.2, 0.25) is 0 Å². The number of hydrogen-bond acceptors (Lipinski definition) is 2. The Morgan fingerprint density at radius 2 is 2.10 bits per heavy atom. The summed E-state index contributed by atoms with van der Waals surface area (Å²) in [4.78, 5) is 12.2. The van der Waals surface area contributed by atoms with Crippen LogP contribution in [0.25, 0.3) is 0 Å². The molecule has 2 aromatic carbocycles. The highest BCUT2D eigenvalue weighted by molar-refractivity contribution is 6.31. The van der Waals surface area contributed by atoms with Crippen molar-refractivity contribution in [3.05, 3.63) is 64.4 Å². The van der Waals surface area contributed by atoms with E-state index in [9.17, 15) is 9.18 Å². The fraction of sp³-hybridized carbons (Fsp3) is 0.235. The molecular weight excluding hydrogens is 289 g/mol. The van der Waals surface area contributed by atoms with E-state index in [-0.39, 0.29) is 23.9 Å². The van der Waals surface area contributed by atoms with Crippen molar-refractivity contribution >= 4 is 23.1 Å². The van der Waals surface area contributed by atoms with Gasteiger partial charge in [-0.05, 0) is 35.4 Å². The van der Waals surface area contributed by atoms with Crippen molar-refractivity contribution in [2.75, 3.05) is 11.9 Å². The summed E-state index contributed by atoms with van der Waals surface area (Å²) in [5.41, 5.74) is 2.83. The first kappa shape index (κ1) is 14.1. The van der Waals surface area contributed by atoms with Crippen LogP contribution in [0.4, 0.5) is 10.1 Å². The molecule has 1 aliphatic rings. The first-order chi connectivity index (χ1) is 10.1. The number of halogens is 2. The standard InChI is InChI=1S/C17H15ClFNO/c18-16-6-5-13(19)7-11(16)8-14(21)9-12-10-20-17-4-2-1-3-15(12)17/h1-7,12,20H,8-10H2. The number of carbonyl (C=O) groups excluding carboxylic acids is 1. The summed E-state index contributed by atoms with van der Waals surface area (Å²) in [5, 5.41) is 3.74. The second kappa shape index (κ2) is 5.86. The van der Waals surface area contributed by atoms with Crippen LogP contribution in [-0.2, 0) is 11.2 Å². The van der Waals surface area contributed by atoms with Crippen LogP contribution in [0.15, 0.2) is 42.5 Å². The summed E-state index contributed by atoms with van der Waals surface area (Å²) >= 11 is 6.01. The largest absolute Gasteiger partial charge is 0.384 e. The van der Waals surface area contributed by atoms with E-state index in [1.54, 1.807) is 0 Å². The van der Waals surface area contributed by atoms with E-state index in [1.165, 1.54) is 23.8 Å². The monoisotopic (exact) mass is 303 g/mol. The molecule has 1 atom stereocenters. The molecule has 2 nitrogen and oxygen atoms in total. The van der Waals surface area contributed by atoms with Crippen molar-refractivity contribution in [1.82, 2.24) is 0 Å². The third-order valence-electron chi connectivity index (χ3n) is 3.81. The minimum atomic E-state index is -0.366. The highest BCUT2D eigenvalue weighted by atomic mass is 35.5. The SMILES string of the molecule is O=C(Cc1cc(F)ccc1Cl)CC1CNc2ccccc21. The zero-order valence-corrected chi connectivity index (χ0v) is 12.2. The Kier molecular flexibility index (Phi) is 3.93. The zero-order valence-electron chi connectivity index (χ0n) is 11.4. The zero-order chi connectivity index (χ0) is 14.8. The van der Waals surface area contributed by atoms with Gasteiger partial charge in [0.15, 0.2) is 0 Å². The van der Waals surface area contributed by atoms with Gasteiger partial charge in [-0.15, -0.1) is 0 Å². The van der Waals surface area contributed by atoms with Gasteiger partial charge in [-0.3, -0.25) is 4.79 Å². The number of Topliss-reactive ketones (excluding diaryl/α,β-unsaturated/α-hetero) is 1. The predicted octanol–water partition coefficient (Wildman–Crippen LogP) is 4.19. The van der Waals surface area contributed by atoms with Gasteiger partial charge in [-0.2, -0.15) is 0 Å². The van der Waals surface area contributed by atoms with Crippen LogP contribution in [0.5, 0.6) is 0 Å². The summed E-state index contributed by atoms with van der Waals surface area (Å²) < 4.78 is 13.2. The summed E-state index contributed by atoms with van der Waals surface area (Å²) in [6, 6.07) is 12.1. The number of fused-ring (bicyclic) bond motifs is 1. The topological polar surface area (TPSA) is 29.1 Å². The highest BCUT2D eigenvalue weighted by Crippen LogP contribution is 2.33. The molecule has 1 aliphatic heterocycles. The molecule has 1 unspecified atom stereocenters. The molecule has 21 heavy (non-hydrogen) atoms. The molecule has 1 N–H and O–H groups in total. The van der Waals surface area contributed by atoms with Crippen molar-refractivity contribution in [2.45, 2.75) is 18.8 Å². The number of benzene rings is 2. The molecule has 0 aliphatic carbocycles. The first-order valence-corrected chi connectivity index (χ1v) is 7.29. The minimum Gasteiger partial charge on any atom is -0.384 e. The third kappa shape index (κ3) is 3.08. The molecule has 4 heteroatoms. The number of anilines is 1. The van der Waals surface area contributed by atoms with Gasteiger partial charge in [-0.25, -0.2) is 4.39 Å². The Hall–Kier alpha value is -1.87. The third-order valence-corrected chi connectivity index (χ3v) is 4.18. The van der Waals surface area contributed by atoms with Crippen LogP contribution < -0.4 is 5.32 Å². The van der Waals surface area contributed by atoms with Crippen molar-refractivity contribution < 1.29 is 9.18 Å². The lowest BCUT2D eigenvalue weighted by Gasteiger charge is -2.10. The Morgan fingerprint density at radius 1 is 1.29 bits per heavy atom. The van der Waals surface area contributed by atoms with Crippen LogP contribution in [0, 0.1) is 5.82 Å². The predicted molar refractivity (Wildman–Crippen MR) is 82.4 cm³/mol. The second-order valence-corrected chi connectivity index (χ2v) is 5.73. The van der Waals surface area contributed by atoms with E-state index < -0.39 is 0 Å². The summed E-state index contributed by atoms with van der Waals surface area (Å²) in [6.07, 6.45) is 0.617. The molecular formula is C17H15ClFNO. The Bertz CT molecular complexity index is 686. The molecule has 3 rings (SSSR count). The molecule has 0 fully saturated rings. The van der Waals surface area contributed by atoms with E-state index in [1.807, 2.05) is 24.3 Å². The smallest absolute Gasteiger partial charge is 0.138 e. The van der Waals surface area contributed by atoms with Crippen molar-refractivity contribution in [3.8, 4) is 0 Å². The van der Waals surface area contributed by atoms with Crippen LogP contribution >= 0.6 is 11.6 Å². The Morgan fingerprint density at radius 3 is 2.95 bits per heavy atom. The molecule has 0 bridgehead atoms. The van der Waals surface area contributed by atoms with Crippen LogP contribution in [0.2, 0.25) is 5.02 Å². The van der Waals surface area contributed by atoms with Crippen LogP contribution in [0.1, 0.15) is 23.5 Å². The lowest BCUT2D eigenvalue weighted by Crippen LogP contribution is -2.11. The van der Waals surface area contributed by atoms with E-state index in [2.05, 4.69) is 5.32 Å². The van der Waals surface area contributed by atoms with E-state index in [4.69, 9.17) is 11.6 Å². The molecule has 0 amide bonds. The van der Waals surface area contributed by atoms with Crippen LogP contribution in [-0.4, -0.2) is 12.3 Å². The van der Waals surface area contributed by atoms with Gasteiger partial charge in [-0.1, -0.05) is 29.8 Å². The van der Waals surface area contributed by atoms with Crippen molar-refractivity contribution in [1.29, 1.82) is 0 Å². The van der Waals surface area contributed by atoms with Gasteiger partial charge < -0.3 is 5.32 Å². The number of carbonyl (C=O) groups is 1. The molecule has 2 aromatic rings. The summed E-state index contributed by atoms with van der Waals surface area (Å²) in [5.74, 6) is -0.109. The first-order valence-electron chi connectivity index (χ1n) is 6.92. The van der Waals surface area contributed by atoms with E-state index in [0.29, 0.717) is 17.0 Å². The van der Waals surface area contributed by atoms with Gasteiger partial charge in [0.25, 0.3) is 0 Å². The molecule has 1 heterocycles. The Labute approximate surface area is 127 Å². The van der Waals surface area contributed by atoms with Gasteiger partial charge in [0.05, 0.1) is 0 Å². The van der Waals surface area contributed by atoms with Gasteiger partial charge in [0.1, 0.15) is 11.6 Å². The highest BCUT2D eigenvalue weighted by Gasteiger charge is 2.24. The fourth-order valence-corrected chi connectivity index (χ4v) is 2.96. The molecule has 0 spiro atoms. The molecule has 0 saturated carbocycles. The van der Waals surface area contributed by atoms with Crippen molar-refractivity contribution in [3.63, 3.8) is 0 Å². The molecule has 0 saturated heterocycles. The quantitative estimate of drug-likeness (QED) is 0.917. The van der Waals surface area contributed by atoms with E-state index >= 15 is 0 Å². The maximum Gasteiger partial charge on any atom is 0.138 e. The Balaban J connectivity index is 1.69. The summed E-state index contributed by atoms with van der Waals surface area (Å²) in [6.45, 7) is 0.766. The molecule has 0 aromatic heterocycles. The van der Waals surface area contributed by atoms with E-state index in [0.717, 1.165) is 12.2 Å². The van der Waals surface area contributed by atoms with Gasteiger partial charge >= 0.3 is 0 Å². The molecule has 108 valence electrons. The lowest BCUT2D eigenvalue weighted by atomic mass is 9.93. The number of hydrogen-bond donors (Lipinski definition) is 1. The second-order valence-electron chi connectivity index (χ2n) is 5.32. The fourth-order valence-electron chi connectivity index (χ4n) is 2.78. The number of nitrogens with one attached hydrogen (secondary N) is 1. The summed E-state index contributed by atoms with van der Waals surface area (Å²) in [7, 11) is 0. The van der Waals surface area contributed by atoms with Crippen molar-refractivity contribution in [2.24, 2.45) is 0 Å². The average Bonchev–Trinajstić information content (AvgIpc) is 2.86. The minimum absolute atomic E-state index is 0.0750. The average molecular weight is 304 g/mol. The normalized spacial score (nSPS) is 16.4. The molecule has 0 radical (unpaired) electrons. The number of rotatable bonds is 4. The maximum absolute atomic E-state index is 13.2. The lowest BCUT2D eigenvalue weighted by molar-refractivity contribution is -0.118. The number of ketones is 1. The number of para-hydroxylation sites is 1. The maximum atomic E-state index is 13.2.